The quantitative estimate of drug-likeness (QED) is 0.834. The smallest absolute Gasteiger partial charge is 0.257 e. The van der Waals surface area contributed by atoms with Gasteiger partial charge in [-0.3, -0.25) is 4.79 Å². The molecule has 1 atom stereocenters. The van der Waals surface area contributed by atoms with Crippen molar-refractivity contribution in [2.75, 3.05) is 5.32 Å². The minimum absolute atomic E-state index is 0.440. The molecule has 0 aliphatic carbocycles. The third-order valence-electron chi connectivity index (χ3n) is 2.88. The molecule has 2 N–H and O–H groups in total. The number of aliphatic hydroxyl groups is 1. The molecular weight excluding hydrogens is 298 g/mol. The lowest BCUT2D eigenvalue weighted by Gasteiger charge is -2.07. The van der Waals surface area contributed by atoms with E-state index in [2.05, 4.69) is 15.3 Å². The zero-order valence-corrected chi connectivity index (χ0v) is 12.0. The van der Waals surface area contributed by atoms with E-state index in [1.54, 1.807) is 18.3 Å². The summed E-state index contributed by atoms with van der Waals surface area (Å²) >= 11 is 7.49. The second-order valence-corrected chi connectivity index (χ2v) is 5.76. The number of fused-ring (bicyclic) bond motifs is 1. The number of aliphatic hydroxyl groups excluding tert-OH is 1. The molecule has 0 radical (unpaired) electrons. The lowest BCUT2D eigenvalue weighted by molar-refractivity contribution is -0.123. The summed E-state index contributed by atoms with van der Waals surface area (Å²) in [7, 11) is 0. The van der Waals surface area contributed by atoms with E-state index in [0.29, 0.717) is 21.4 Å². The number of rotatable bonds is 2. The van der Waals surface area contributed by atoms with Crippen molar-refractivity contribution in [1.82, 2.24) is 9.97 Å². The van der Waals surface area contributed by atoms with Crippen molar-refractivity contribution in [2.45, 2.75) is 23.1 Å². The number of hydrogen-bond donors (Lipinski definition) is 2. The molecule has 0 spiro atoms. The molecular formula is C13H10ClN3O2S. The molecule has 0 saturated heterocycles. The molecule has 7 heteroatoms. The number of nitrogens with zero attached hydrogens (tertiary/aromatic N) is 2. The van der Waals surface area contributed by atoms with Crippen LogP contribution in [0.5, 0.6) is 0 Å². The van der Waals surface area contributed by atoms with E-state index in [-0.39, 0.29) is 0 Å². The average Bonchev–Trinajstić information content (AvgIpc) is 2.66. The van der Waals surface area contributed by atoms with Crippen LogP contribution in [0.15, 0.2) is 34.4 Å². The monoisotopic (exact) mass is 307 g/mol. The van der Waals surface area contributed by atoms with Crippen LogP contribution in [0, 0.1) is 6.92 Å². The van der Waals surface area contributed by atoms with Gasteiger partial charge in [0.25, 0.3) is 5.91 Å². The highest BCUT2D eigenvalue weighted by atomic mass is 35.5. The Morgan fingerprint density at radius 1 is 1.45 bits per heavy atom. The summed E-state index contributed by atoms with van der Waals surface area (Å²) < 4.78 is 0. The van der Waals surface area contributed by atoms with Gasteiger partial charge in [-0.1, -0.05) is 11.6 Å². The van der Waals surface area contributed by atoms with Gasteiger partial charge in [0.05, 0.1) is 5.02 Å². The fraction of sp³-hybridized carbons (Fsp3) is 0.154. The van der Waals surface area contributed by atoms with Crippen LogP contribution in [0.2, 0.25) is 5.02 Å². The number of nitrogens with one attached hydrogen (secondary N) is 1. The summed E-state index contributed by atoms with van der Waals surface area (Å²) in [5.74, 6) is -0.440. The van der Waals surface area contributed by atoms with Gasteiger partial charge in [0.2, 0.25) is 0 Å². The average molecular weight is 308 g/mol. The second-order valence-electron chi connectivity index (χ2n) is 4.34. The van der Waals surface area contributed by atoms with E-state index in [4.69, 9.17) is 11.6 Å². The third-order valence-corrected chi connectivity index (χ3v) is 4.24. The zero-order chi connectivity index (χ0) is 14.3. The van der Waals surface area contributed by atoms with Gasteiger partial charge in [0.15, 0.2) is 11.3 Å². The predicted molar refractivity (Wildman–Crippen MR) is 75.9 cm³/mol. The van der Waals surface area contributed by atoms with Gasteiger partial charge in [-0.05, 0) is 36.9 Å². The number of halogens is 1. The van der Waals surface area contributed by atoms with Crippen LogP contribution in [0.3, 0.4) is 0 Å². The largest absolute Gasteiger partial charge is 0.378 e. The SMILES string of the molecule is Cc1ccnc(Sc2cc3c(cc2Cl)C(O)C(=O)N3)n1. The molecule has 1 amide bonds. The Morgan fingerprint density at radius 2 is 2.25 bits per heavy atom. The Labute approximate surface area is 124 Å². The van der Waals surface area contributed by atoms with Crippen molar-refractivity contribution in [3.8, 4) is 0 Å². The first-order valence-electron chi connectivity index (χ1n) is 5.84. The maximum Gasteiger partial charge on any atom is 0.257 e. The molecule has 3 rings (SSSR count). The van der Waals surface area contributed by atoms with E-state index in [9.17, 15) is 9.90 Å². The van der Waals surface area contributed by atoms with Gasteiger partial charge >= 0.3 is 0 Å². The second kappa shape index (κ2) is 5.05. The molecule has 1 aromatic carbocycles. The topological polar surface area (TPSA) is 75.1 Å². The molecule has 1 aliphatic rings. The first-order chi connectivity index (χ1) is 9.54. The fourth-order valence-corrected chi connectivity index (χ4v) is 3.02. The van der Waals surface area contributed by atoms with Crippen molar-refractivity contribution in [3.05, 3.63) is 40.7 Å². The maximum absolute atomic E-state index is 11.4. The molecule has 5 nitrogen and oxygen atoms in total. The minimum atomic E-state index is -1.16. The van der Waals surface area contributed by atoms with Gasteiger partial charge in [-0.15, -0.1) is 0 Å². The highest BCUT2D eigenvalue weighted by Gasteiger charge is 2.29. The lowest BCUT2D eigenvalue weighted by Crippen LogP contribution is -2.10. The van der Waals surface area contributed by atoms with Crippen LogP contribution < -0.4 is 5.32 Å². The molecule has 2 aromatic rings. The number of aromatic nitrogens is 2. The van der Waals surface area contributed by atoms with Crippen molar-refractivity contribution >= 4 is 35.0 Å². The van der Waals surface area contributed by atoms with Gasteiger partial charge in [-0.25, -0.2) is 9.97 Å². The molecule has 1 aromatic heterocycles. The summed E-state index contributed by atoms with van der Waals surface area (Å²) in [5, 5.41) is 13.3. The van der Waals surface area contributed by atoms with Crippen molar-refractivity contribution in [2.24, 2.45) is 0 Å². The normalized spacial score (nSPS) is 16.9. The number of carbonyl (C=O) groups excluding carboxylic acids is 1. The standard InChI is InChI=1S/C13H10ClN3O2S/c1-6-2-3-15-13(16-6)20-10-5-9-7(4-8(10)14)11(18)12(19)17-9/h2-5,11,18H,1H3,(H,17,19). The van der Waals surface area contributed by atoms with Gasteiger partial charge < -0.3 is 10.4 Å². The summed E-state index contributed by atoms with van der Waals surface area (Å²) in [4.78, 5) is 20.6. The van der Waals surface area contributed by atoms with Crippen LogP contribution in [0.1, 0.15) is 17.4 Å². The van der Waals surface area contributed by atoms with Crippen LogP contribution in [0.4, 0.5) is 5.69 Å². The molecule has 20 heavy (non-hydrogen) atoms. The maximum atomic E-state index is 11.4. The van der Waals surface area contributed by atoms with E-state index >= 15 is 0 Å². The summed E-state index contributed by atoms with van der Waals surface area (Å²) in [6, 6.07) is 5.13. The summed E-state index contributed by atoms with van der Waals surface area (Å²) in [5.41, 5.74) is 1.93. The lowest BCUT2D eigenvalue weighted by atomic mass is 10.1. The van der Waals surface area contributed by atoms with Crippen molar-refractivity contribution < 1.29 is 9.90 Å². The van der Waals surface area contributed by atoms with Crippen molar-refractivity contribution in [1.29, 1.82) is 0 Å². The van der Waals surface area contributed by atoms with Crippen molar-refractivity contribution in [3.63, 3.8) is 0 Å². The van der Waals surface area contributed by atoms with Crippen LogP contribution >= 0.6 is 23.4 Å². The number of hydrogen-bond acceptors (Lipinski definition) is 5. The first kappa shape index (κ1) is 13.4. The number of anilines is 1. The molecule has 0 fully saturated rings. The highest BCUT2D eigenvalue weighted by molar-refractivity contribution is 7.99. The molecule has 1 aliphatic heterocycles. The summed E-state index contributed by atoms with van der Waals surface area (Å²) in [6.07, 6.45) is 0.522. The minimum Gasteiger partial charge on any atom is -0.378 e. The van der Waals surface area contributed by atoms with Crippen LogP contribution in [-0.4, -0.2) is 21.0 Å². The number of amides is 1. The van der Waals surface area contributed by atoms with Gasteiger partial charge in [0, 0.05) is 28.0 Å². The van der Waals surface area contributed by atoms with Gasteiger partial charge in [0.1, 0.15) is 0 Å². The Balaban J connectivity index is 1.96. The predicted octanol–water partition coefficient (Wildman–Crippen LogP) is 2.58. The number of aryl methyl sites for hydroxylation is 1. The Morgan fingerprint density at radius 3 is 3.00 bits per heavy atom. The van der Waals surface area contributed by atoms with Crippen LogP contribution in [-0.2, 0) is 4.79 Å². The Bertz CT molecular complexity index is 708. The molecule has 0 bridgehead atoms. The zero-order valence-electron chi connectivity index (χ0n) is 10.4. The van der Waals surface area contributed by atoms with Crippen LogP contribution in [0.25, 0.3) is 0 Å². The fourth-order valence-electron chi connectivity index (χ4n) is 1.90. The Kier molecular flexibility index (Phi) is 3.37. The number of benzene rings is 1. The van der Waals surface area contributed by atoms with E-state index in [0.717, 1.165) is 10.6 Å². The molecule has 0 saturated carbocycles. The third kappa shape index (κ3) is 2.37. The molecule has 102 valence electrons. The summed E-state index contributed by atoms with van der Waals surface area (Å²) in [6.45, 7) is 1.88. The number of carbonyl (C=O) groups is 1. The molecule has 1 unspecified atom stereocenters. The van der Waals surface area contributed by atoms with E-state index in [1.807, 2.05) is 13.0 Å². The van der Waals surface area contributed by atoms with E-state index < -0.39 is 12.0 Å². The van der Waals surface area contributed by atoms with Gasteiger partial charge in [-0.2, -0.15) is 0 Å². The van der Waals surface area contributed by atoms with E-state index in [1.165, 1.54) is 11.8 Å². The Hall–Kier alpha value is -1.63. The molecule has 2 heterocycles. The highest BCUT2D eigenvalue weighted by Crippen LogP contribution is 2.40. The first-order valence-corrected chi connectivity index (χ1v) is 7.04.